The second-order valence-corrected chi connectivity index (χ2v) is 8.36. The molecule has 5 rings (SSSR count). The Kier molecular flexibility index (Phi) is 4.95. The van der Waals surface area contributed by atoms with Crippen molar-refractivity contribution < 1.29 is 9.18 Å². The Balaban J connectivity index is 1.81. The van der Waals surface area contributed by atoms with Crippen molar-refractivity contribution in [2.24, 2.45) is 0 Å². The predicted molar refractivity (Wildman–Crippen MR) is 126 cm³/mol. The fraction of sp³-hybridized carbons (Fsp3) is 0. The molecule has 4 aromatic heterocycles. The lowest BCUT2D eigenvalue weighted by Crippen LogP contribution is -1.90. The molecule has 0 saturated heterocycles. The minimum Gasteiger partial charge on any atom is -0.298 e. The first kappa shape index (κ1) is 19.1. The number of benzene rings is 1. The summed E-state index contributed by atoms with van der Waals surface area (Å²) >= 11 is 2.17. The molecular weight excluding hydrogens is 514 g/mol. The molecule has 0 saturated carbocycles. The lowest BCUT2D eigenvalue weighted by molar-refractivity contribution is 0.112. The molecule has 0 unspecified atom stereocenters. The highest BCUT2D eigenvalue weighted by Crippen LogP contribution is 2.37. The molecule has 0 spiro atoms. The second-order valence-electron chi connectivity index (χ2n) is 6.65. The summed E-state index contributed by atoms with van der Waals surface area (Å²) in [7, 11) is 1.46. The lowest BCUT2D eigenvalue weighted by atomic mass is 9.97. The fourth-order valence-electron chi connectivity index (χ4n) is 3.58. The smallest absolute Gasteiger partial charge is 0.151 e. The van der Waals surface area contributed by atoms with Gasteiger partial charge in [-0.05, 0) is 41.5 Å². The highest BCUT2D eigenvalue weighted by Gasteiger charge is 2.16. The number of hydrogen-bond acceptors (Lipinski definition) is 5. The van der Waals surface area contributed by atoms with E-state index in [-0.39, 0.29) is 0 Å². The van der Waals surface area contributed by atoms with Gasteiger partial charge in [-0.25, -0.2) is 9.37 Å². The van der Waals surface area contributed by atoms with Crippen molar-refractivity contribution in [3.63, 3.8) is 0 Å². The molecule has 0 aliphatic heterocycles. The molecule has 8 heteroatoms. The Hall–Kier alpha value is -2.85. The lowest BCUT2D eigenvalue weighted by Gasteiger charge is -2.09. The van der Waals surface area contributed by atoms with Crippen molar-refractivity contribution in [3.8, 4) is 22.3 Å². The Labute approximate surface area is 187 Å². The minimum atomic E-state index is -0.407. The van der Waals surface area contributed by atoms with E-state index in [0.29, 0.717) is 27.7 Å². The fourth-order valence-corrected chi connectivity index (χ4v) is 4.84. The second kappa shape index (κ2) is 7.77. The molecule has 0 aliphatic carbocycles. The van der Waals surface area contributed by atoms with Crippen LogP contribution in [0.4, 0.5) is 4.39 Å². The largest absolute Gasteiger partial charge is 0.298 e. The minimum absolute atomic E-state index is 0.304. The standard InChI is InChI=1S/C22H12FIN4OS/c23-20-8-15(19-11-28(30-24)22-18(19)6-13(12-29)9-27-22)7-17-16(3-5-26-21(17)20)14-2-1-4-25-10-14/h1-12H. The van der Waals surface area contributed by atoms with Crippen LogP contribution in [0.5, 0.6) is 0 Å². The van der Waals surface area contributed by atoms with Crippen LogP contribution in [0.25, 0.3) is 44.2 Å². The van der Waals surface area contributed by atoms with Crippen molar-refractivity contribution in [1.29, 1.82) is 0 Å². The van der Waals surface area contributed by atoms with E-state index in [1.807, 2.05) is 34.4 Å². The number of hydrogen-bond donors (Lipinski definition) is 0. The summed E-state index contributed by atoms with van der Waals surface area (Å²) in [5.41, 5.74) is 4.72. The Morgan fingerprint density at radius 1 is 1.00 bits per heavy atom. The summed E-state index contributed by atoms with van der Waals surface area (Å²) in [6, 6.07) is 10.8. The molecular formula is C22H12FIN4OS. The third kappa shape index (κ3) is 3.16. The first-order valence-corrected chi connectivity index (χ1v) is 12.3. The maximum atomic E-state index is 15.1. The van der Waals surface area contributed by atoms with Crippen LogP contribution in [0.1, 0.15) is 10.4 Å². The predicted octanol–water partition coefficient (Wildman–Crippen LogP) is 6.11. The summed E-state index contributed by atoms with van der Waals surface area (Å²) in [5.74, 6) is -0.407. The van der Waals surface area contributed by atoms with Gasteiger partial charge >= 0.3 is 0 Å². The Morgan fingerprint density at radius 2 is 1.90 bits per heavy atom. The van der Waals surface area contributed by atoms with Crippen molar-refractivity contribution in [2.45, 2.75) is 0 Å². The van der Waals surface area contributed by atoms with Gasteiger partial charge in [0.25, 0.3) is 0 Å². The highest BCUT2D eigenvalue weighted by atomic mass is 127. The molecule has 0 N–H and O–H groups in total. The topological polar surface area (TPSA) is 60.7 Å². The van der Waals surface area contributed by atoms with Crippen LogP contribution in [0.2, 0.25) is 0 Å². The first-order valence-electron chi connectivity index (χ1n) is 8.94. The van der Waals surface area contributed by atoms with Crippen molar-refractivity contribution in [2.75, 3.05) is 0 Å². The number of carbonyl (C=O) groups excluding carboxylic acids is 1. The van der Waals surface area contributed by atoms with Crippen molar-refractivity contribution in [3.05, 3.63) is 78.8 Å². The van der Waals surface area contributed by atoms with E-state index in [4.69, 9.17) is 0 Å². The van der Waals surface area contributed by atoms with Gasteiger partial charge in [0.1, 0.15) is 11.3 Å². The quantitative estimate of drug-likeness (QED) is 0.209. The Bertz CT molecular complexity index is 1420. The van der Waals surface area contributed by atoms with Gasteiger partial charge in [-0.15, -0.1) is 0 Å². The Morgan fingerprint density at radius 3 is 2.67 bits per heavy atom. The molecule has 0 amide bonds. The number of pyridine rings is 3. The van der Waals surface area contributed by atoms with Crippen molar-refractivity contribution >= 4 is 58.5 Å². The van der Waals surface area contributed by atoms with Gasteiger partial charge in [-0.1, -0.05) is 6.07 Å². The van der Waals surface area contributed by atoms with E-state index in [9.17, 15) is 4.79 Å². The molecule has 30 heavy (non-hydrogen) atoms. The zero-order valence-electron chi connectivity index (χ0n) is 15.3. The van der Waals surface area contributed by atoms with Crippen LogP contribution in [0, 0.1) is 5.82 Å². The highest BCUT2D eigenvalue weighted by molar-refractivity contribution is 14.2. The molecule has 5 aromatic rings. The summed E-state index contributed by atoms with van der Waals surface area (Å²) in [5, 5.41) is 1.48. The van der Waals surface area contributed by atoms with Crippen LogP contribution in [-0.4, -0.2) is 25.2 Å². The van der Waals surface area contributed by atoms with Gasteiger partial charge in [0.15, 0.2) is 11.9 Å². The first-order chi connectivity index (χ1) is 14.7. The molecule has 5 nitrogen and oxygen atoms in total. The molecule has 4 heterocycles. The molecule has 0 radical (unpaired) electrons. The van der Waals surface area contributed by atoms with Crippen LogP contribution in [-0.2, 0) is 0 Å². The van der Waals surface area contributed by atoms with Crippen LogP contribution < -0.4 is 0 Å². The van der Waals surface area contributed by atoms with E-state index in [1.165, 1.54) is 21.4 Å². The van der Waals surface area contributed by atoms with Crippen molar-refractivity contribution in [1.82, 2.24) is 18.9 Å². The number of rotatable bonds is 4. The zero-order valence-corrected chi connectivity index (χ0v) is 18.3. The number of halogens is 2. The van der Waals surface area contributed by atoms with Gasteiger partial charge in [-0.3, -0.25) is 18.7 Å². The van der Waals surface area contributed by atoms with Gasteiger partial charge in [0.2, 0.25) is 0 Å². The normalized spacial score (nSPS) is 11.3. The zero-order chi connectivity index (χ0) is 20.7. The summed E-state index contributed by atoms with van der Waals surface area (Å²) in [6.07, 6.45) is 9.26. The SMILES string of the molecule is O=Cc1cnc2c(c1)c(-c1cc(F)c3nccc(-c4cccnc4)c3c1)cn2SI. The molecule has 146 valence electrons. The van der Waals surface area contributed by atoms with E-state index in [1.54, 1.807) is 24.7 Å². The number of aldehydes is 1. The van der Waals surface area contributed by atoms with Crippen LogP contribution in [0.15, 0.2) is 67.4 Å². The molecule has 0 aliphatic rings. The maximum Gasteiger partial charge on any atom is 0.151 e. The number of fused-ring (bicyclic) bond motifs is 2. The third-order valence-corrected chi connectivity index (χ3v) is 6.63. The van der Waals surface area contributed by atoms with E-state index in [0.717, 1.165) is 28.4 Å². The number of aromatic nitrogens is 4. The van der Waals surface area contributed by atoms with Crippen LogP contribution >= 0.6 is 30.3 Å². The van der Waals surface area contributed by atoms with Gasteiger partial charge in [0, 0.05) is 88.8 Å². The van der Waals surface area contributed by atoms with Gasteiger partial charge < -0.3 is 0 Å². The number of nitrogens with zero attached hydrogens (tertiary/aromatic N) is 4. The summed E-state index contributed by atoms with van der Waals surface area (Å²) in [4.78, 5) is 24.1. The molecule has 0 atom stereocenters. The van der Waals surface area contributed by atoms with E-state index < -0.39 is 5.82 Å². The maximum absolute atomic E-state index is 15.1. The average Bonchev–Trinajstić information content (AvgIpc) is 3.17. The monoisotopic (exact) mass is 526 g/mol. The average molecular weight is 526 g/mol. The third-order valence-electron chi connectivity index (χ3n) is 4.93. The molecule has 0 bridgehead atoms. The van der Waals surface area contributed by atoms with Gasteiger partial charge in [-0.2, -0.15) is 0 Å². The molecule has 0 fully saturated rings. The van der Waals surface area contributed by atoms with Gasteiger partial charge in [0.05, 0.1) is 0 Å². The number of carbonyl (C=O) groups is 1. The van der Waals surface area contributed by atoms with Crippen LogP contribution in [0.3, 0.4) is 0 Å². The molecule has 1 aromatic carbocycles. The summed E-state index contributed by atoms with van der Waals surface area (Å²) in [6.45, 7) is 0. The summed E-state index contributed by atoms with van der Waals surface area (Å²) < 4.78 is 17.0. The van der Waals surface area contributed by atoms with E-state index >= 15 is 4.39 Å². The van der Waals surface area contributed by atoms with E-state index in [2.05, 4.69) is 36.2 Å².